The third kappa shape index (κ3) is 2.72. The fourth-order valence-electron chi connectivity index (χ4n) is 1.96. The lowest BCUT2D eigenvalue weighted by Gasteiger charge is -2.35. The minimum Gasteiger partial charge on any atom is -0.368 e. The summed E-state index contributed by atoms with van der Waals surface area (Å²) < 4.78 is 24.5. The first kappa shape index (κ1) is 11.8. The summed E-state index contributed by atoms with van der Waals surface area (Å²) in [6, 6.07) is 9.76. The van der Waals surface area contributed by atoms with Crippen LogP contribution in [0.15, 0.2) is 30.3 Å². The zero-order chi connectivity index (χ0) is 12.3. The van der Waals surface area contributed by atoms with Crippen LogP contribution >= 0.6 is 0 Å². The van der Waals surface area contributed by atoms with Crippen LogP contribution in [0.3, 0.4) is 0 Å². The van der Waals surface area contributed by atoms with E-state index in [2.05, 4.69) is 4.90 Å². The predicted octanol–water partition coefficient (Wildman–Crippen LogP) is 1.60. The second-order valence-corrected chi connectivity index (χ2v) is 3.95. The van der Waals surface area contributed by atoms with E-state index in [9.17, 15) is 13.6 Å². The van der Waals surface area contributed by atoms with E-state index in [1.807, 2.05) is 30.3 Å². The molecule has 1 aliphatic heterocycles. The first-order valence-corrected chi connectivity index (χ1v) is 5.55. The number of nitrogens with zero attached hydrogens (tertiary/aromatic N) is 2. The molecule has 0 atom stereocenters. The van der Waals surface area contributed by atoms with E-state index in [0.717, 1.165) is 5.69 Å². The number of hydrogen-bond donors (Lipinski definition) is 0. The molecule has 0 N–H and O–H groups in total. The third-order valence-corrected chi connectivity index (χ3v) is 2.90. The maximum absolute atomic E-state index is 12.2. The van der Waals surface area contributed by atoms with Crippen molar-refractivity contribution in [1.82, 2.24) is 4.90 Å². The van der Waals surface area contributed by atoms with Gasteiger partial charge in [-0.25, -0.2) is 0 Å². The minimum absolute atomic E-state index is 0.359. The van der Waals surface area contributed by atoms with Crippen LogP contribution in [0.2, 0.25) is 0 Å². The van der Waals surface area contributed by atoms with Crippen LogP contribution in [0.25, 0.3) is 0 Å². The number of carbonyl (C=O) groups excluding carboxylic acids is 1. The molecule has 1 saturated heterocycles. The summed E-state index contributed by atoms with van der Waals surface area (Å²) in [5, 5.41) is 0. The average molecular weight is 240 g/mol. The Morgan fingerprint density at radius 3 is 2.18 bits per heavy atom. The number of carbonyl (C=O) groups is 1. The Kier molecular flexibility index (Phi) is 3.56. The molecule has 0 radical (unpaired) electrons. The molecule has 3 nitrogen and oxygen atoms in total. The molecule has 2 rings (SSSR count). The van der Waals surface area contributed by atoms with E-state index in [4.69, 9.17) is 0 Å². The van der Waals surface area contributed by atoms with E-state index in [1.165, 1.54) is 4.90 Å². The molecule has 0 bridgehead atoms. The quantitative estimate of drug-likeness (QED) is 0.784. The van der Waals surface area contributed by atoms with Gasteiger partial charge in [0.05, 0.1) is 0 Å². The van der Waals surface area contributed by atoms with Crippen molar-refractivity contribution in [2.45, 2.75) is 6.43 Å². The third-order valence-electron chi connectivity index (χ3n) is 2.90. The van der Waals surface area contributed by atoms with E-state index >= 15 is 0 Å². The Morgan fingerprint density at radius 2 is 1.65 bits per heavy atom. The summed E-state index contributed by atoms with van der Waals surface area (Å²) in [6.07, 6.45) is -2.89. The summed E-state index contributed by atoms with van der Waals surface area (Å²) in [7, 11) is 0. The number of hydrogen-bond acceptors (Lipinski definition) is 2. The number of piperazine rings is 1. The fraction of sp³-hybridized carbons (Fsp3) is 0.417. The molecule has 0 unspecified atom stereocenters. The van der Waals surface area contributed by atoms with E-state index in [1.54, 1.807) is 0 Å². The number of benzene rings is 1. The predicted molar refractivity (Wildman–Crippen MR) is 61.2 cm³/mol. The number of amides is 1. The van der Waals surface area contributed by atoms with E-state index < -0.39 is 12.3 Å². The van der Waals surface area contributed by atoms with Gasteiger partial charge in [-0.3, -0.25) is 4.79 Å². The van der Waals surface area contributed by atoms with Gasteiger partial charge in [-0.1, -0.05) is 18.2 Å². The zero-order valence-corrected chi connectivity index (χ0v) is 9.35. The van der Waals surface area contributed by atoms with Crippen LogP contribution in [0, 0.1) is 0 Å². The van der Waals surface area contributed by atoms with Crippen LogP contribution < -0.4 is 4.90 Å². The first-order valence-electron chi connectivity index (χ1n) is 5.55. The molecule has 5 heteroatoms. The molecule has 17 heavy (non-hydrogen) atoms. The Balaban J connectivity index is 1.93. The van der Waals surface area contributed by atoms with Gasteiger partial charge < -0.3 is 9.80 Å². The Labute approximate surface area is 98.6 Å². The highest BCUT2D eigenvalue weighted by Crippen LogP contribution is 2.16. The van der Waals surface area contributed by atoms with Crippen molar-refractivity contribution in [2.24, 2.45) is 0 Å². The van der Waals surface area contributed by atoms with Crippen molar-refractivity contribution in [3.8, 4) is 0 Å². The molecular formula is C12H14F2N2O. The van der Waals surface area contributed by atoms with Crippen molar-refractivity contribution in [3.05, 3.63) is 30.3 Å². The van der Waals surface area contributed by atoms with Crippen molar-refractivity contribution in [3.63, 3.8) is 0 Å². The van der Waals surface area contributed by atoms with Gasteiger partial charge in [0.2, 0.25) is 0 Å². The SMILES string of the molecule is O=C(C(F)F)N1CCN(c2ccccc2)CC1. The second-order valence-electron chi connectivity index (χ2n) is 3.95. The largest absolute Gasteiger partial charge is 0.368 e. The number of halogens is 2. The average Bonchev–Trinajstić information content (AvgIpc) is 2.39. The lowest BCUT2D eigenvalue weighted by molar-refractivity contribution is -0.143. The number of alkyl halides is 2. The van der Waals surface area contributed by atoms with Crippen molar-refractivity contribution < 1.29 is 13.6 Å². The highest BCUT2D eigenvalue weighted by molar-refractivity contribution is 5.79. The Bertz CT molecular complexity index is 375. The van der Waals surface area contributed by atoms with Crippen LogP contribution in [0.4, 0.5) is 14.5 Å². The number of para-hydroxylation sites is 1. The standard InChI is InChI=1S/C12H14F2N2O/c13-11(14)12(17)16-8-6-15(7-9-16)10-4-2-1-3-5-10/h1-5,11H,6-9H2. The molecule has 0 spiro atoms. The molecule has 1 aromatic rings. The van der Waals surface area contributed by atoms with Crippen molar-refractivity contribution in [2.75, 3.05) is 31.1 Å². The van der Waals surface area contributed by atoms with Gasteiger partial charge in [0.25, 0.3) is 5.91 Å². The maximum Gasteiger partial charge on any atom is 0.315 e. The summed E-state index contributed by atoms with van der Waals surface area (Å²) in [4.78, 5) is 14.4. The summed E-state index contributed by atoms with van der Waals surface area (Å²) >= 11 is 0. The van der Waals surface area contributed by atoms with Crippen LogP contribution in [0.1, 0.15) is 0 Å². The lowest BCUT2D eigenvalue weighted by Crippen LogP contribution is -2.50. The molecule has 1 heterocycles. The first-order chi connectivity index (χ1) is 8.18. The molecule has 0 saturated carbocycles. The monoisotopic (exact) mass is 240 g/mol. The number of rotatable bonds is 2. The van der Waals surface area contributed by atoms with Crippen LogP contribution in [0.5, 0.6) is 0 Å². The van der Waals surface area contributed by atoms with Crippen LogP contribution in [-0.4, -0.2) is 43.4 Å². The highest BCUT2D eigenvalue weighted by atomic mass is 19.3. The Hall–Kier alpha value is -1.65. The molecule has 1 amide bonds. The van der Waals surface area contributed by atoms with E-state index in [-0.39, 0.29) is 0 Å². The smallest absolute Gasteiger partial charge is 0.315 e. The maximum atomic E-state index is 12.2. The molecule has 1 aliphatic rings. The summed E-state index contributed by atoms with van der Waals surface area (Å²) in [5.41, 5.74) is 1.07. The van der Waals surface area contributed by atoms with Crippen molar-refractivity contribution >= 4 is 11.6 Å². The molecule has 0 aromatic heterocycles. The van der Waals surface area contributed by atoms with Gasteiger partial charge in [0.1, 0.15) is 0 Å². The zero-order valence-electron chi connectivity index (χ0n) is 9.35. The molecule has 92 valence electrons. The molecule has 1 aromatic carbocycles. The van der Waals surface area contributed by atoms with Crippen molar-refractivity contribution in [1.29, 1.82) is 0 Å². The van der Waals surface area contributed by atoms with Gasteiger partial charge in [-0.05, 0) is 12.1 Å². The van der Waals surface area contributed by atoms with Gasteiger partial charge in [0.15, 0.2) is 0 Å². The van der Waals surface area contributed by atoms with Crippen LogP contribution in [-0.2, 0) is 4.79 Å². The molecule has 0 aliphatic carbocycles. The lowest BCUT2D eigenvalue weighted by atomic mass is 10.2. The van der Waals surface area contributed by atoms with Gasteiger partial charge in [-0.2, -0.15) is 8.78 Å². The molecule has 1 fully saturated rings. The highest BCUT2D eigenvalue weighted by Gasteiger charge is 2.26. The van der Waals surface area contributed by atoms with Gasteiger partial charge in [-0.15, -0.1) is 0 Å². The normalized spacial score (nSPS) is 16.4. The molecular weight excluding hydrogens is 226 g/mol. The van der Waals surface area contributed by atoms with E-state index in [0.29, 0.717) is 26.2 Å². The fourth-order valence-corrected chi connectivity index (χ4v) is 1.96. The second kappa shape index (κ2) is 5.12. The Morgan fingerprint density at radius 1 is 1.06 bits per heavy atom. The van der Waals surface area contributed by atoms with Gasteiger partial charge in [0, 0.05) is 31.9 Å². The topological polar surface area (TPSA) is 23.6 Å². The minimum atomic E-state index is -2.89. The summed E-state index contributed by atoms with van der Waals surface area (Å²) in [5.74, 6) is -1.06. The van der Waals surface area contributed by atoms with Gasteiger partial charge >= 0.3 is 6.43 Å². The number of anilines is 1. The summed E-state index contributed by atoms with van der Waals surface area (Å²) in [6.45, 7) is 1.92.